The number of hydrazone groups is 1. The highest BCUT2D eigenvalue weighted by Crippen LogP contribution is 2.52. The molecule has 0 saturated carbocycles. The monoisotopic (exact) mass is 765 g/mol. The molecule has 3 aromatic rings. The molecule has 1 amide bonds. The van der Waals surface area contributed by atoms with E-state index in [-0.39, 0.29) is 68.2 Å². The molecule has 3 aromatic carbocycles. The highest BCUT2D eigenvalue weighted by molar-refractivity contribution is 6.42. The van der Waals surface area contributed by atoms with Crippen LogP contribution < -0.4 is 15.9 Å². The SMILES string of the molecule is COc1cccc2c1C(=O)c1c(O)c3c(c(O)c1C2=O)C[C@@](O)(/C(CO)=N/NC(=O)c1ccc(Cl)c(Cl)c1)C[C@@H]3O[C@H]1C[C@H](N)[C@H](O)[C@H](C)O1.Cl. The first kappa shape index (κ1) is 38.4. The van der Waals surface area contributed by atoms with E-state index >= 15 is 0 Å². The summed E-state index contributed by atoms with van der Waals surface area (Å²) in [6.45, 7) is 0.684. The highest BCUT2D eigenvalue weighted by Gasteiger charge is 2.49. The predicted octanol–water partition coefficient (Wildman–Crippen LogP) is 2.95. The molecule has 1 heterocycles. The van der Waals surface area contributed by atoms with Gasteiger partial charge in [-0.15, -0.1) is 12.4 Å². The van der Waals surface area contributed by atoms with Crippen LogP contribution in [0.4, 0.5) is 0 Å². The van der Waals surface area contributed by atoms with Gasteiger partial charge in [0, 0.05) is 47.6 Å². The average Bonchev–Trinajstić information content (AvgIpc) is 3.08. The van der Waals surface area contributed by atoms with Crippen molar-refractivity contribution in [3.8, 4) is 17.2 Å². The van der Waals surface area contributed by atoms with E-state index in [4.69, 9.17) is 43.1 Å². The Bertz CT molecular complexity index is 1950. The van der Waals surface area contributed by atoms with Gasteiger partial charge in [0.05, 0.1) is 64.5 Å². The van der Waals surface area contributed by atoms with Crippen LogP contribution in [0.25, 0.3) is 0 Å². The van der Waals surface area contributed by atoms with Crippen LogP contribution in [-0.2, 0) is 15.9 Å². The van der Waals surface area contributed by atoms with Crippen LogP contribution in [0.3, 0.4) is 0 Å². The van der Waals surface area contributed by atoms with Crippen LogP contribution in [0, 0.1) is 0 Å². The molecule has 8 N–H and O–H groups in total. The van der Waals surface area contributed by atoms with Gasteiger partial charge in [-0.3, -0.25) is 14.4 Å². The van der Waals surface area contributed by atoms with Crippen LogP contribution in [-0.4, -0.2) is 92.6 Å². The topological polar surface area (TPSA) is 230 Å². The third kappa shape index (κ3) is 6.67. The maximum absolute atomic E-state index is 13.9. The largest absolute Gasteiger partial charge is 0.507 e. The highest BCUT2D eigenvalue weighted by atomic mass is 35.5. The minimum absolute atomic E-state index is 0. The molecule has 272 valence electrons. The van der Waals surface area contributed by atoms with Gasteiger partial charge in [0.1, 0.15) is 22.8 Å². The van der Waals surface area contributed by atoms with Crippen molar-refractivity contribution < 1.29 is 54.1 Å². The molecule has 3 aliphatic rings. The summed E-state index contributed by atoms with van der Waals surface area (Å²) in [4.78, 5) is 40.7. The van der Waals surface area contributed by atoms with Gasteiger partial charge in [-0.2, -0.15) is 5.10 Å². The summed E-state index contributed by atoms with van der Waals surface area (Å²) in [5.74, 6) is -3.66. The summed E-state index contributed by atoms with van der Waals surface area (Å²) in [5.41, 5.74) is 4.41. The van der Waals surface area contributed by atoms with E-state index in [1.165, 1.54) is 43.5 Å². The van der Waals surface area contributed by atoms with Crippen molar-refractivity contribution in [3.63, 3.8) is 0 Å². The number of fused-ring (bicyclic) bond motifs is 3. The Balaban J connectivity index is 0.00000504. The zero-order valence-corrected chi connectivity index (χ0v) is 29.4. The quantitative estimate of drug-likeness (QED) is 0.0818. The number of phenols is 2. The fourth-order valence-corrected chi connectivity index (χ4v) is 7.02. The fraction of sp³-hybridized carbons (Fsp3) is 0.353. The summed E-state index contributed by atoms with van der Waals surface area (Å²) in [7, 11) is 1.32. The molecule has 1 saturated heterocycles. The number of ether oxygens (including phenoxy) is 3. The molecule has 51 heavy (non-hydrogen) atoms. The predicted molar refractivity (Wildman–Crippen MR) is 185 cm³/mol. The van der Waals surface area contributed by atoms with E-state index in [1.807, 2.05) is 0 Å². The van der Waals surface area contributed by atoms with Crippen molar-refractivity contribution in [1.29, 1.82) is 0 Å². The molecule has 6 atom stereocenters. The van der Waals surface area contributed by atoms with Crippen LogP contribution in [0.2, 0.25) is 10.0 Å². The van der Waals surface area contributed by atoms with Crippen LogP contribution in [0.5, 0.6) is 17.2 Å². The Kier molecular flexibility index (Phi) is 11.0. The summed E-state index contributed by atoms with van der Waals surface area (Å²) < 4.78 is 17.4. The number of carbonyl (C=O) groups excluding carboxylic acids is 3. The van der Waals surface area contributed by atoms with Crippen molar-refractivity contribution in [2.24, 2.45) is 10.8 Å². The molecule has 17 heteroatoms. The number of nitrogens with two attached hydrogens (primary N) is 1. The second kappa shape index (κ2) is 14.7. The minimum atomic E-state index is -2.18. The first-order chi connectivity index (χ1) is 23.7. The second-order valence-electron chi connectivity index (χ2n) is 12.4. The molecule has 1 aliphatic heterocycles. The van der Waals surface area contributed by atoms with Crippen molar-refractivity contribution in [2.75, 3.05) is 13.7 Å². The summed E-state index contributed by atoms with van der Waals surface area (Å²) in [6.07, 6.45) is -5.31. The van der Waals surface area contributed by atoms with Gasteiger partial charge in [0.2, 0.25) is 5.78 Å². The molecule has 0 unspecified atom stereocenters. The number of benzene rings is 3. The van der Waals surface area contributed by atoms with Crippen LogP contribution >= 0.6 is 35.6 Å². The van der Waals surface area contributed by atoms with E-state index in [1.54, 1.807) is 6.92 Å². The van der Waals surface area contributed by atoms with Gasteiger partial charge in [-0.1, -0.05) is 35.3 Å². The van der Waals surface area contributed by atoms with Gasteiger partial charge in [-0.05, 0) is 31.2 Å². The summed E-state index contributed by atoms with van der Waals surface area (Å²) >= 11 is 12.0. The zero-order chi connectivity index (χ0) is 36.2. The molecule has 0 spiro atoms. The van der Waals surface area contributed by atoms with Crippen molar-refractivity contribution in [3.05, 3.63) is 85.4 Å². The normalized spacial score (nSPS) is 25.6. The Hall–Kier alpha value is -3.83. The van der Waals surface area contributed by atoms with Gasteiger partial charge < -0.3 is 45.5 Å². The van der Waals surface area contributed by atoms with E-state index in [0.29, 0.717) is 0 Å². The number of hydrogen-bond acceptors (Lipinski definition) is 13. The number of ketones is 2. The lowest BCUT2D eigenvalue weighted by Crippen LogP contribution is -2.53. The number of nitrogens with zero attached hydrogens (tertiary/aromatic N) is 1. The number of halogens is 3. The molecular formula is C34H34Cl3N3O11. The number of amides is 1. The Morgan fingerprint density at radius 3 is 2.45 bits per heavy atom. The lowest BCUT2D eigenvalue weighted by molar-refractivity contribution is -0.245. The number of rotatable bonds is 7. The first-order valence-electron chi connectivity index (χ1n) is 15.5. The van der Waals surface area contributed by atoms with Gasteiger partial charge >= 0.3 is 0 Å². The van der Waals surface area contributed by atoms with E-state index < -0.39 is 95.8 Å². The van der Waals surface area contributed by atoms with E-state index in [2.05, 4.69) is 10.5 Å². The van der Waals surface area contributed by atoms with E-state index in [9.17, 15) is 39.9 Å². The number of carbonyl (C=O) groups is 3. The third-order valence-corrected chi connectivity index (χ3v) is 10.0. The molecule has 6 rings (SSSR count). The van der Waals surface area contributed by atoms with Crippen molar-refractivity contribution >= 4 is 58.8 Å². The Morgan fingerprint density at radius 2 is 1.80 bits per heavy atom. The number of hydrogen-bond donors (Lipinski definition) is 7. The molecule has 14 nitrogen and oxygen atoms in total. The number of methoxy groups -OCH3 is 1. The van der Waals surface area contributed by atoms with Crippen molar-refractivity contribution in [1.82, 2.24) is 5.43 Å². The summed E-state index contributed by atoms with van der Waals surface area (Å²) in [6, 6.07) is 7.66. The maximum atomic E-state index is 13.9. The lowest BCUT2D eigenvalue weighted by Gasteiger charge is -2.43. The molecule has 1 fully saturated rings. The maximum Gasteiger partial charge on any atom is 0.271 e. The van der Waals surface area contributed by atoms with E-state index in [0.717, 1.165) is 0 Å². The van der Waals surface area contributed by atoms with Gasteiger partial charge in [0.15, 0.2) is 12.1 Å². The third-order valence-electron chi connectivity index (χ3n) is 9.30. The average molecular weight is 767 g/mol. The number of aliphatic hydroxyl groups excluding tert-OH is 2. The fourth-order valence-electron chi connectivity index (χ4n) is 6.72. The lowest BCUT2D eigenvalue weighted by atomic mass is 9.71. The minimum Gasteiger partial charge on any atom is -0.507 e. The van der Waals surface area contributed by atoms with Crippen LogP contribution in [0.15, 0.2) is 41.5 Å². The molecule has 0 bridgehead atoms. The molecular weight excluding hydrogens is 733 g/mol. The van der Waals surface area contributed by atoms with Crippen LogP contribution in [0.1, 0.15) is 79.2 Å². The second-order valence-corrected chi connectivity index (χ2v) is 13.2. The van der Waals surface area contributed by atoms with Crippen molar-refractivity contribution in [2.45, 2.75) is 62.4 Å². The van der Waals surface area contributed by atoms with Gasteiger partial charge in [-0.25, -0.2) is 5.43 Å². The molecule has 2 aliphatic carbocycles. The Morgan fingerprint density at radius 1 is 1.10 bits per heavy atom. The first-order valence-corrected chi connectivity index (χ1v) is 16.2. The number of aliphatic hydroxyl groups is 3. The smallest absolute Gasteiger partial charge is 0.271 e. The zero-order valence-electron chi connectivity index (χ0n) is 27.1. The summed E-state index contributed by atoms with van der Waals surface area (Å²) in [5, 5.41) is 60.7. The number of phenolic OH excluding ortho intramolecular Hbond substituents is 2. The standard InChI is InChI=1S/C34H33Cl2N3O11.ClH/c1-13-28(41)19(37)9-23(49-13)50-21-11-34(47,22(12-40)38-39-33(46)14-6-7-17(35)18(36)8-14)10-16-25(21)32(45)27-26(30(16)43)29(42)15-4-3-5-20(48-2)24(15)31(27)44;/h3-8,13,19,21,23,28,40-41,43,45,47H,9-12,37H2,1-2H3,(H,39,46);1H/b38-22+;/t13-,19-,21-,23-,28+,34-;/m0./s1. The number of aromatic hydroxyl groups is 2. The van der Waals surface area contributed by atoms with Gasteiger partial charge in [0.25, 0.3) is 5.91 Å². The molecule has 0 radical (unpaired) electrons. The number of nitrogens with one attached hydrogen (secondary N) is 1. The molecule has 0 aromatic heterocycles. The Labute approximate surface area is 307 Å².